The maximum Gasteiger partial charge on any atom is 0.244 e. The smallest absolute Gasteiger partial charge is 0.244 e. The number of rotatable bonds is 4. The number of carbonyl (C=O) groups is 1. The van der Waals surface area contributed by atoms with Crippen molar-refractivity contribution in [3.05, 3.63) is 59.7 Å². The van der Waals surface area contributed by atoms with Crippen LogP contribution in [0.1, 0.15) is 25.3 Å². The molecule has 0 aliphatic heterocycles. The lowest BCUT2D eigenvalue weighted by Crippen LogP contribution is -2.34. The number of halogens is 2. The lowest BCUT2D eigenvalue weighted by Gasteiger charge is -2.17. The summed E-state index contributed by atoms with van der Waals surface area (Å²) in [4.78, 5) is 11.7. The highest BCUT2D eigenvalue weighted by molar-refractivity contribution is 5.88. The topological polar surface area (TPSA) is 29.1 Å². The molecule has 2 rings (SSSR count). The van der Waals surface area contributed by atoms with Crippen molar-refractivity contribution in [2.45, 2.75) is 25.3 Å². The van der Waals surface area contributed by atoms with Gasteiger partial charge in [-0.05, 0) is 25.8 Å². The molecular weight excluding hydrogens is 248 g/mol. The SMILES string of the molecule is C/C=C/C=C/C(=O)NC1(c2ccc(F)cc2F)CC1. The van der Waals surface area contributed by atoms with E-state index in [1.54, 1.807) is 18.2 Å². The van der Waals surface area contributed by atoms with Gasteiger partial charge in [0.05, 0.1) is 5.54 Å². The molecule has 100 valence electrons. The Morgan fingerprint density at radius 1 is 1.32 bits per heavy atom. The minimum atomic E-state index is -0.671. The van der Waals surface area contributed by atoms with Crippen LogP contribution in [0.2, 0.25) is 0 Å². The van der Waals surface area contributed by atoms with E-state index in [1.165, 1.54) is 18.2 Å². The average molecular weight is 263 g/mol. The van der Waals surface area contributed by atoms with E-state index in [2.05, 4.69) is 5.32 Å². The standard InChI is InChI=1S/C15H15F2NO/c1-2-3-4-5-14(19)18-15(8-9-15)12-7-6-11(16)10-13(12)17/h2-7,10H,8-9H2,1H3,(H,18,19)/b3-2+,5-4+. The number of benzene rings is 1. The largest absolute Gasteiger partial charge is 0.343 e. The summed E-state index contributed by atoms with van der Waals surface area (Å²) in [6.45, 7) is 1.85. The molecular formula is C15H15F2NO. The molecule has 0 bridgehead atoms. The lowest BCUT2D eigenvalue weighted by molar-refractivity contribution is -0.117. The fourth-order valence-electron chi connectivity index (χ4n) is 2.00. The number of allylic oxidation sites excluding steroid dienone is 3. The molecule has 1 aliphatic carbocycles. The van der Waals surface area contributed by atoms with Gasteiger partial charge in [-0.2, -0.15) is 0 Å². The second-order valence-electron chi connectivity index (χ2n) is 4.58. The van der Waals surface area contributed by atoms with Crippen molar-refractivity contribution in [3.8, 4) is 0 Å². The summed E-state index contributed by atoms with van der Waals surface area (Å²) < 4.78 is 26.6. The third-order valence-corrected chi connectivity index (χ3v) is 3.11. The number of carbonyl (C=O) groups excluding carboxylic acids is 1. The normalized spacial score (nSPS) is 17.0. The molecule has 0 heterocycles. The van der Waals surface area contributed by atoms with Gasteiger partial charge in [0.2, 0.25) is 5.91 Å². The maximum absolute atomic E-state index is 13.7. The van der Waals surface area contributed by atoms with Crippen molar-refractivity contribution in [1.29, 1.82) is 0 Å². The van der Waals surface area contributed by atoms with Gasteiger partial charge in [0.25, 0.3) is 0 Å². The molecule has 0 atom stereocenters. The molecule has 0 aromatic heterocycles. The minimum Gasteiger partial charge on any atom is -0.343 e. The van der Waals surface area contributed by atoms with E-state index < -0.39 is 17.2 Å². The number of nitrogens with one attached hydrogen (secondary N) is 1. The number of hydrogen-bond acceptors (Lipinski definition) is 1. The van der Waals surface area contributed by atoms with Gasteiger partial charge in [0.15, 0.2) is 0 Å². The van der Waals surface area contributed by atoms with Crippen LogP contribution in [0.5, 0.6) is 0 Å². The Labute approximate surface area is 110 Å². The Hall–Kier alpha value is -1.97. The van der Waals surface area contributed by atoms with Crippen LogP contribution in [-0.4, -0.2) is 5.91 Å². The molecule has 0 unspecified atom stereocenters. The van der Waals surface area contributed by atoms with E-state index >= 15 is 0 Å². The zero-order chi connectivity index (χ0) is 13.9. The van der Waals surface area contributed by atoms with Crippen molar-refractivity contribution < 1.29 is 13.6 Å². The first-order chi connectivity index (χ1) is 9.07. The molecule has 0 radical (unpaired) electrons. The highest BCUT2D eigenvalue weighted by Crippen LogP contribution is 2.46. The van der Waals surface area contributed by atoms with Crippen LogP contribution < -0.4 is 5.32 Å². The molecule has 1 fully saturated rings. The quantitative estimate of drug-likeness (QED) is 0.656. The van der Waals surface area contributed by atoms with E-state index in [-0.39, 0.29) is 5.91 Å². The summed E-state index contributed by atoms with van der Waals surface area (Å²) in [6, 6.07) is 3.45. The van der Waals surface area contributed by atoms with Crippen LogP contribution >= 0.6 is 0 Å². The van der Waals surface area contributed by atoms with Crippen molar-refractivity contribution in [3.63, 3.8) is 0 Å². The molecule has 1 aromatic rings. The Kier molecular flexibility index (Phi) is 3.79. The predicted octanol–water partition coefficient (Wildman–Crippen LogP) is 3.20. The zero-order valence-electron chi connectivity index (χ0n) is 10.6. The van der Waals surface area contributed by atoms with E-state index in [4.69, 9.17) is 0 Å². The molecule has 1 aromatic carbocycles. The predicted molar refractivity (Wildman–Crippen MR) is 69.4 cm³/mol. The van der Waals surface area contributed by atoms with Gasteiger partial charge >= 0.3 is 0 Å². The summed E-state index contributed by atoms with van der Waals surface area (Å²) in [6.07, 6.45) is 7.87. The highest BCUT2D eigenvalue weighted by atomic mass is 19.1. The Bertz CT molecular complexity index is 545. The molecule has 4 heteroatoms. The van der Waals surface area contributed by atoms with Crippen molar-refractivity contribution in [1.82, 2.24) is 5.32 Å². The van der Waals surface area contributed by atoms with Crippen molar-refractivity contribution >= 4 is 5.91 Å². The van der Waals surface area contributed by atoms with E-state index in [0.717, 1.165) is 6.07 Å². The van der Waals surface area contributed by atoms with Crippen LogP contribution in [0.25, 0.3) is 0 Å². The first-order valence-electron chi connectivity index (χ1n) is 6.14. The number of hydrogen-bond donors (Lipinski definition) is 1. The maximum atomic E-state index is 13.7. The van der Waals surface area contributed by atoms with Gasteiger partial charge in [-0.15, -0.1) is 0 Å². The lowest BCUT2D eigenvalue weighted by atomic mass is 10.0. The van der Waals surface area contributed by atoms with Crippen molar-refractivity contribution in [2.75, 3.05) is 0 Å². The van der Waals surface area contributed by atoms with Gasteiger partial charge in [-0.25, -0.2) is 8.78 Å². The van der Waals surface area contributed by atoms with Crippen molar-refractivity contribution in [2.24, 2.45) is 0 Å². The number of amides is 1. The zero-order valence-corrected chi connectivity index (χ0v) is 10.6. The molecule has 19 heavy (non-hydrogen) atoms. The Morgan fingerprint density at radius 2 is 2.05 bits per heavy atom. The summed E-state index contributed by atoms with van der Waals surface area (Å²) in [7, 11) is 0. The van der Waals surface area contributed by atoms with Gasteiger partial charge < -0.3 is 5.32 Å². The summed E-state index contributed by atoms with van der Waals surface area (Å²) in [5, 5.41) is 2.78. The molecule has 1 saturated carbocycles. The fraction of sp³-hybridized carbons (Fsp3) is 0.267. The molecule has 1 aliphatic rings. The van der Waals surface area contributed by atoms with Crippen LogP contribution in [-0.2, 0) is 10.3 Å². The minimum absolute atomic E-state index is 0.278. The fourth-order valence-corrected chi connectivity index (χ4v) is 2.00. The van der Waals surface area contributed by atoms with E-state index in [0.29, 0.717) is 18.4 Å². The first-order valence-corrected chi connectivity index (χ1v) is 6.14. The van der Waals surface area contributed by atoms with Crippen LogP contribution in [0, 0.1) is 11.6 Å². The monoisotopic (exact) mass is 263 g/mol. The van der Waals surface area contributed by atoms with Gasteiger partial charge in [0, 0.05) is 17.7 Å². The molecule has 1 N–H and O–H groups in total. The van der Waals surface area contributed by atoms with E-state index in [9.17, 15) is 13.6 Å². The third kappa shape index (κ3) is 3.08. The second-order valence-corrected chi connectivity index (χ2v) is 4.58. The van der Waals surface area contributed by atoms with Gasteiger partial charge in [0.1, 0.15) is 11.6 Å². The first kappa shape index (κ1) is 13.5. The summed E-state index contributed by atoms with van der Waals surface area (Å²) in [5.41, 5.74) is -0.323. The average Bonchev–Trinajstić information content (AvgIpc) is 3.09. The summed E-state index contributed by atoms with van der Waals surface area (Å²) in [5.74, 6) is -1.51. The molecule has 0 saturated heterocycles. The Morgan fingerprint density at radius 3 is 2.63 bits per heavy atom. The summed E-state index contributed by atoms with van der Waals surface area (Å²) >= 11 is 0. The van der Waals surface area contributed by atoms with E-state index in [1.807, 2.05) is 6.92 Å². The van der Waals surface area contributed by atoms with Crippen LogP contribution in [0.4, 0.5) is 8.78 Å². The molecule has 0 spiro atoms. The third-order valence-electron chi connectivity index (χ3n) is 3.11. The van der Waals surface area contributed by atoms with Crippen LogP contribution in [0.15, 0.2) is 42.5 Å². The van der Waals surface area contributed by atoms with Gasteiger partial charge in [-0.3, -0.25) is 4.79 Å². The second kappa shape index (κ2) is 5.34. The molecule has 1 amide bonds. The Balaban J connectivity index is 2.13. The molecule has 2 nitrogen and oxygen atoms in total. The highest BCUT2D eigenvalue weighted by Gasteiger charge is 2.47. The van der Waals surface area contributed by atoms with Crippen LogP contribution in [0.3, 0.4) is 0 Å². The van der Waals surface area contributed by atoms with Gasteiger partial charge in [-0.1, -0.05) is 24.3 Å².